The average Bonchev–Trinajstić information content (AvgIpc) is 3.04. The molecule has 0 spiro atoms. The van der Waals surface area contributed by atoms with E-state index in [4.69, 9.17) is 23.8 Å². The second-order valence-corrected chi connectivity index (χ2v) is 5.94. The molecule has 0 bridgehead atoms. The van der Waals surface area contributed by atoms with Gasteiger partial charge < -0.3 is 14.5 Å². The molecule has 0 saturated carbocycles. The molecule has 1 atom stereocenters. The Bertz CT molecular complexity index is 715. The lowest BCUT2D eigenvalue weighted by Gasteiger charge is -2.22. The molecule has 0 aliphatic carbocycles. The summed E-state index contributed by atoms with van der Waals surface area (Å²) >= 11 is 11.6. The first-order valence-electron chi connectivity index (χ1n) is 6.77. The number of halogens is 1. The van der Waals surface area contributed by atoms with Gasteiger partial charge in [0.15, 0.2) is 4.77 Å². The maximum absolute atomic E-state index is 12.6. The summed E-state index contributed by atoms with van der Waals surface area (Å²) in [6.07, 6.45) is 2.16. The molecule has 1 unspecified atom stereocenters. The molecule has 20 heavy (non-hydrogen) atoms. The van der Waals surface area contributed by atoms with Crippen molar-refractivity contribution in [2.75, 3.05) is 13.1 Å². The molecule has 1 fully saturated rings. The van der Waals surface area contributed by atoms with Crippen LogP contribution in [0.5, 0.6) is 0 Å². The number of nitrogens with zero attached hydrogens (tertiary/aromatic N) is 2. The number of imidazole rings is 1. The van der Waals surface area contributed by atoms with Crippen LogP contribution in [-0.2, 0) is 4.79 Å². The molecule has 6 heteroatoms. The van der Waals surface area contributed by atoms with Crippen molar-refractivity contribution in [3.8, 4) is 0 Å². The van der Waals surface area contributed by atoms with Gasteiger partial charge in [0.2, 0.25) is 5.91 Å². The Kier molecular flexibility index (Phi) is 3.56. The molecule has 1 aromatic heterocycles. The van der Waals surface area contributed by atoms with Crippen LogP contribution in [0.2, 0.25) is 5.02 Å². The zero-order chi connectivity index (χ0) is 14.3. The number of carbonyl (C=O) groups is 1. The Labute approximate surface area is 127 Å². The van der Waals surface area contributed by atoms with Crippen LogP contribution in [0, 0.1) is 4.77 Å². The van der Waals surface area contributed by atoms with E-state index in [-0.39, 0.29) is 11.9 Å². The number of carbonyl (C=O) groups excluding carboxylic acids is 1. The number of hydrogen-bond acceptors (Lipinski definition) is 2. The van der Waals surface area contributed by atoms with E-state index < -0.39 is 0 Å². The van der Waals surface area contributed by atoms with Crippen LogP contribution < -0.4 is 0 Å². The number of H-pyrrole nitrogens is 1. The van der Waals surface area contributed by atoms with Gasteiger partial charge >= 0.3 is 0 Å². The molecule has 1 aromatic carbocycles. The normalized spacial score (nSPS) is 16.8. The number of aromatic nitrogens is 2. The van der Waals surface area contributed by atoms with Crippen molar-refractivity contribution in [1.29, 1.82) is 0 Å². The fraction of sp³-hybridized carbons (Fsp3) is 0.429. The van der Waals surface area contributed by atoms with Gasteiger partial charge in [-0.25, -0.2) is 0 Å². The second kappa shape index (κ2) is 5.22. The molecule has 1 aliphatic rings. The number of benzene rings is 1. The number of nitrogens with one attached hydrogen (secondary N) is 1. The van der Waals surface area contributed by atoms with E-state index >= 15 is 0 Å². The van der Waals surface area contributed by atoms with Crippen LogP contribution in [0.4, 0.5) is 0 Å². The van der Waals surface area contributed by atoms with Crippen molar-refractivity contribution >= 4 is 40.8 Å². The summed E-state index contributed by atoms with van der Waals surface area (Å²) in [7, 11) is 0. The van der Waals surface area contributed by atoms with E-state index in [1.54, 1.807) is 0 Å². The van der Waals surface area contributed by atoms with Crippen molar-refractivity contribution < 1.29 is 4.79 Å². The number of likely N-dealkylation sites (tertiary alicyclic amines) is 1. The van der Waals surface area contributed by atoms with Gasteiger partial charge in [0, 0.05) is 13.1 Å². The standard InChI is InChI=1S/C14H16ClN3OS/c1-9(13(19)17-7-2-3-8-17)18-12-10(15)5-4-6-11(12)16-14(18)20/h4-6,9H,2-3,7-8H2,1H3,(H,16,20). The molecule has 3 rings (SSSR count). The molecule has 1 N–H and O–H groups in total. The molecule has 2 aromatic rings. The minimum atomic E-state index is -0.339. The van der Waals surface area contributed by atoms with E-state index in [1.807, 2.05) is 34.6 Å². The minimum absolute atomic E-state index is 0.111. The molecule has 1 amide bonds. The highest BCUT2D eigenvalue weighted by Crippen LogP contribution is 2.27. The number of amides is 1. The molecule has 0 radical (unpaired) electrons. The second-order valence-electron chi connectivity index (χ2n) is 5.14. The molecule has 106 valence electrons. The van der Waals surface area contributed by atoms with E-state index in [1.165, 1.54) is 0 Å². The summed E-state index contributed by atoms with van der Waals surface area (Å²) < 4.78 is 2.36. The maximum atomic E-state index is 12.6. The van der Waals surface area contributed by atoms with Gasteiger partial charge in [0.1, 0.15) is 6.04 Å². The molecular formula is C14H16ClN3OS. The third-order valence-corrected chi connectivity index (χ3v) is 4.45. The first-order chi connectivity index (χ1) is 9.59. The van der Waals surface area contributed by atoms with Crippen LogP contribution in [0.1, 0.15) is 25.8 Å². The Balaban J connectivity index is 2.07. The van der Waals surface area contributed by atoms with Crippen LogP contribution in [0.3, 0.4) is 0 Å². The minimum Gasteiger partial charge on any atom is -0.341 e. The highest BCUT2D eigenvalue weighted by molar-refractivity contribution is 7.71. The largest absolute Gasteiger partial charge is 0.341 e. The van der Waals surface area contributed by atoms with Gasteiger partial charge in [-0.05, 0) is 44.1 Å². The van der Waals surface area contributed by atoms with Crippen LogP contribution in [0.25, 0.3) is 11.0 Å². The van der Waals surface area contributed by atoms with Crippen LogP contribution in [-0.4, -0.2) is 33.4 Å². The SMILES string of the molecule is CC(C(=O)N1CCCC1)n1c(=S)[nH]c2cccc(Cl)c21. The van der Waals surface area contributed by atoms with E-state index in [0.717, 1.165) is 37.0 Å². The van der Waals surface area contributed by atoms with Gasteiger partial charge in [0.25, 0.3) is 0 Å². The van der Waals surface area contributed by atoms with Crippen molar-refractivity contribution in [1.82, 2.24) is 14.5 Å². The average molecular weight is 310 g/mol. The van der Waals surface area contributed by atoms with Crippen molar-refractivity contribution in [3.05, 3.63) is 28.0 Å². The summed E-state index contributed by atoms with van der Waals surface area (Å²) in [5.41, 5.74) is 1.67. The van der Waals surface area contributed by atoms with E-state index in [0.29, 0.717) is 9.79 Å². The van der Waals surface area contributed by atoms with Crippen LogP contribution in [0.15, 0.2) is 18.2 Å². The van der Waals surface area contributed by atoms with Gasteiger partial charge in [0.05, 0.1) is 16.1 Å². The zero-order valence-corrected chi connectivity index (χ0v) is 12.8. The van der Waals surface area contributed by atoms with Crippen molar-refractivity contribution in [2.24, 2.45) is 0 Å². The highest BCUT2D eigenvalue weighted by atomic mass is 35.5. The summed E-state index contributed by atoms with van der Waals surface area (Å²) in [5, 5.41) is 0.607. The third-order valence-electron chi connectivity index (χ3n) is 3.85. The quantitative estimate of drug-likeness (QED) is 0.862. The summed E-state index contributed by atoms with van der Waals surface area (Å²) in [4.78, 5) is 17.6. The molecule has 2 heterocycles. The van der Waals surface area contributed by atoms with Crippen molar-refractivity contribution in [2.45, 2.75) is 25.8 Å². The first-order valence-corrected chi connectivity index (χ1v) is 7.55. The van der Waals surface area contributed by atoms with Crippen molar-refractivity contribution in [3.63, 3.8) is 0 Å². The van der Waals surface area contributed by atoms with E-state index in [9.17, 15) is 4.79 Å². The third kappa shape index (κ3) is 2.15. The van der Waals surface area contributed by atoms with Gasteiger partial charge in [-0.1, -0.05) is 17.7 Å². The number of fused-ring (bicyclic) bond motifs is 1. The molecular weight excluding hydrogens is 294 g/mol. The Morgan fingerprint density at radius 1 is 1.40 bits per heavy atom. The van der Waals surface area contributed by atoms with Gasteiger partial charge in [-0.15, -0.1) is 0 Å². The summed E-state index contributed by atoms with van der Waals surface area (Å²) in [6, 6.07) is 5.26. The lowest BCUT2D eigenvalue weighted by atomic mass is 10.2. The van der Waals surface area contributed by atoms with E-state index in [2.05, 4.69) is 4.98 Å². The maximum Gasteiger partial charge on any atom is 0.245 e. The predicted octanol–water partition coefficient (Wildman–Crippen LogP) is 3.54. The first kappa shape index (κ1) is 13.6. The number of para-hydroxylation sites is 1. The summed E-state index contributed by atoms with van der Waals surface area (Å²) in [6.45, 7) is 3.56. The molecule has 4 nitrogen and oxygen atoms in total. The van der Waals surface area contributed by atoms with Gasteiger partial charge in [-0.2, -0.15) is 0 Å². The lowest BCUT2D eigenvalue weighted by Crippen LogP contribution is -2.34. The van der Waals surface area contributed by atoms with Gasteiger partial charge in [-0.3, -0.25) is 4.79 Å². The smallest absolute Gasteiger partial charge is 0.245 e. The zero-order valence-electron chi connectivity index (χ0n) is 11.2. The fourth-order valence-electron chi connectivity index (χ4n) is 2.82. The Hall–Kier alpha value is -1.33. The predicted molar refractivity (Wildman–Crippen MR) is 82.7 cm³/mol. The molecule has 1 saturated heterocycles. The van der Waals surface area contributed by atoms with Crippen LogP contribution >= 0.6 is 23.8 Å². The number of hydrogen-bond donors (Lipinski definition) is 1. The number of aromatic amines is 1. The number of rotatable bonds is 2. The fourth-order valence-corrected chi connectivity index (χ4v) is 3.44. The summed E-state index contributed by atoms with van der Waals surface area (Å²) in [5.74, 6) is 0.111. The molecule has 1 aliphatic heterocycles. The monoisotopic (exact) mass is 309 g/mol. The Morgan fingerprint density at radius 2 is 2.10 bits per heavy atom. The lowest BCUT2D eigenvalue weighted by molar-refractivity contribution is -0.133. The topological polar surface area (TPSA) is 41.0 Å². The Morgan fingerprint density at radius 3 is 2.80 bits per heavy atom. The highest BCUT2D eigenvalue weighted by Gasteiger charge is 2.26.